The van der Waals surface area contributed by atoms with Gasteiger partial charge in [0.15, 0.2) is 0 Å². The number of carbonyl (C=O) groups excluding carboxylic acids is 1. The highest BCUT2D eigenvalue weighted by atomic mass is 19.4. The number of halogens is 3. The SMILES string of the molecule is COC(=O)C(N)Cc1ccc(-c2cccc(OC(F)(F)F)c2)cc1. The van der Waals surface area contributed by atoms with Gasteiger partial charge in [-0.25, -0.2) is 0 Å². The Morgan fingerprint density at radius 3 is 2.38 bits per heavy atom. The lowest BCUT2D eigenvalue weighted by molar-refractivity contribution is -0.274. The first-order valence-corrected chi connectivity index (χ1v) is 7.07. The molecule has 2 rings (SSSR count). The summed E-state index contributed by atoms with van der Waals surface area (Å²) in [6, 6.07) is 12.0. The fraction of sp³-hybridized carbons (Fsp3) is 0.235. The highest BCUT2D eigenvalue weighted by molar-refractivity contribution is 5.75. The Labute approximate surface area is 137 Å². The van der Waals surface area contributed by atoms with E-state index < -0.39 is 18.4 Å². The molecule has 0 saturated heterocycles. The zero-order chi connectivity index (χ0) is 17.7. The quantitative estimate of drug-likeness (QED) is 0.849. The number of alkyl halides is 3. The Hall–Kier alpha value is -2.54. The molecule has 2 aromatic carbocycles. The van der Waals surface area contributed by atoms with Gasteiger partial charge in [0.05, 0.1) is 7.11 Å². The van der Waals surface area contributed by atoms with Crippen LogP contribution in [0.2, 0.25) is 0 Å². The van der Waals surface area contributed by atoms with E-state index in [0.717, 1.165) is 11.1 Å². The molecule has 24 heavy (non-hydrogen) atoms. The lowest BCUT2D eigenvalue weighted by Gasteiger charge is -2.11. The molecule has 0 fully saturated rings. The van der Waals surface area contributed by atoms with Crippen LogP contribution in [0.3, 0.4) is 0 Å². The summed E-state index contributed by atoms with van der Waals surface area (Å²) in [5.41, 5.74) is 7.81. The van der Waals surface area contributed by atoms with Gasteiger partial charge in [0, 0.05) is 0 Å². The van der Waals surface area contributed by atoms with E-state index in [1.54, 1.807) is 30.3 Å². The number of ether oxygens (including phenoxy) is 2. The van der Waals surface area contributed by atoms with Gasteiger partial charge in [-0.2, -0.15) is 0 Å². The number of hydrogen-bond acceptors (Lipinski definition) is 4. The summed E-state index contributed by atoms with van der Waals surface area (Å²) in [6.07, 6.45) is -4.42. The van der Waals surface area contributed by atoms with Crippen molar-refractivity contribution >= 4 is 5.97 Å². The molecule has 0 aromatic heterocycles. The van der Waals surface area contributed by atoms with E-state index in [-0.39, 0.29) is 5.75 Å². The predicted octanol–water partition coefficient (Wildman–Crippen LogP) is 3.30. The standard InChI is InChI=1S/C17H16F3NO3/c1-23-16(22)15(21)9-11-5-7-12(8-6-11)13-3-2-4-14(10-13)24-17(18,19)20/h2-8,10,15H,9,21H2,1H3. The molecule has 1 atom stereocenters. The summed E-state index contributed by atoms with van der Waals surface area (Å²) >= 11 is 0. The first-order chi connectivity index (χ1) is 11.3. The molecule has 0 aliphatic heterocycles. The van der Waals surface area contributed by atoms with Gasteiger partial charge in [-0.05, 0) is 35.2 Å². The van der Waals surface area contributed by atoms with Crippen molar-refractivity contribution in [2.24, 2.45) is 5.73 Å². The van der Waals surface area contributed by atoms with Gasteiger partial charge >= 0.3 is 12.3 Å². The van der Waals surface area contributed by atoms with E-state index in [9.17, 15) is 18.0 Å². The van der Waals surface area contributed by atoms with Gasteiger partial charge in [0.25, 0.3) is 0 Å². The van der Waals surface area contributed by atoms with Crippen LogP contribution >= 0.6 is 0 Å². The minimum Gasteiger partial charge on any atom is -0.468 e. The van der Waals surface area contributed by atoms with Crippen LogP contribution in [0.1, 0.15) is 5.56 Å². The molecule has 0 spiro atoms. The van der Waals surface area contributed by atoms with Crippen molar-refractivity contribution in [3.05, 3.63) is 54.1 Å². The maximum Gasteiger partial charge on any atom is 0.573 e. The second-order valence-corrected chi connectivity index (χ2v) is 5.11. The third-order valence-electron chi connectivity index (χ3n) is 3.31. The van der Waals surface area contributed by atoms with Gasteiger partial charge in [-0.1, -0.05) is 36.4 Å². The molecule has 0 saturated carbocycles. The number of benzene rings is 2. The van der Waals surface area contributed by atoms with E-state index in [1.165, 1.54) is 25.3 Å². The van der Waals surface area contributed by atoms with Crippen molar-refractivity contribution < 1.29 is 27.4 Å². The number of rotatable bonds is 5. The number of hydrogen-bond donors (Lipinski definition) is 1. The maximum atomic E-state index is 12.3. The van der Waals surface area contributed by atoms with E-state index in [1.807, 2.05) is 0 Å². The minimum atomic E-state index is -4.73. The summed E-state index contributed by atoms with van der Waals surface area (Å²) < 4.78 is 45.3. The average molecular weight is 339 g/mol. The lowest BCUT2D eigenvalue weighted by Crippen LogP contribution is -2.33. The first-order valence-electron chi connectivity index (χ1n) is 7.07. The Morgan fingerprint density at radius 1 is 1.12 bits per heavy atom. The van der Waals surface area contributed by atoms with Crippen LogP contribution in [0.4, 0.5) is 13.2 Å². The van der Waals surface area contributed by atoms with E-state index in [0.29, 0.717) is 12.0 Å². The number of methoxy groups -OCH3 is 1. The zero-order valence-corrected chi connectivity index (χ0v) is 12.8. The zero-order valence-electron chi connectivity index (χ0n) is 12.8. The molecule has 0 radical (unpaired) electrons. The molecule has 128 valence electrons. The van der Waals surface area contributed by atoms with Crippen LogP contribution in [-0.2, 0) is 16.0 Å². The largest absolute Gasteiger partial charge is 0.573 e. The number of esters is 1. The van der Waals surface area contributed by atoms with Crippen molar-refractivity contribution in [1.82, 2.24) is 0 Å². The Morgan fingerprint density at radius 2 is 1.79 bits per heavy atom. The molecule has 7 heteroatoms. The predicted molar refractivity (Wildman–Crippen MR) is 82.3 cm³/mol. The molecule has 4 nitrogen and oxygen atoms in total. The molecule has 0 bridgehead atoms. The van der Waals surface area contributed by atoms with E-state index in [2.05, 4.69) is 9.47 Å². The van der Waals surface area contributed by atoms with Gasteiger partial charge in [-0.15, -0.1) is 13.2 Å². The molecule has 0 aliphatic rings. The van der Waals surface area contributed by atoms with E-state index >= 15 is 0 Å². The molecule has 2 aromatic rings. The van der Waals surface area contributed by atoms with Crippen molar-refractivity contribution in [3.63, 3.8) is 0 Å². The topological polar surface area (TPSA) is 61.5 Å². The van der Waals surface area contributed by atoms with Gasteiger partial charge < -0.3 is 15.2 Å². The second kappa shape index (κ2) is 7.35. The monoisotopic (exact) mass is 339 g/mol. The third kappa shape index (κ3) is 4.99. The highest BCUT2D eigenvalue weighted by Gasteiger charge is 2.31. The minimum absolute atomic E-state index is 0.281. The molecular formula is C17H16F3NO3. The molecule has 0 aliphatic carbocycles. The maximum absolute atomic E-state index is 12.3. The average Bonchev–Trinajstić information content (AvgIpc) is 2.53. The number of nitrogens with two attached hydrogens (primary N) is 1. The third-order valence-corrected chi connectivity index (χ3v) is 3.31. The van der Waals surface area contributed by atoms with Crippen molar-refractivity contribution in [1.29, 1.82) is 0 Å². The van der Waals surface area contributed by atoms with Crippen molar-refractivity contribution in [2.45, 2.75) is 18.8 Å². The second-order valence-electron chi connectivity index (χ2n) is 5.11. The van der Waals surface area contributed by atoms with Gasteiger partial charge in [0.2, 0.25) is 0 Å². The first kappa shape index (κ1) is 17.8. The Kier molecular flexibility index (Phi) is 5.46. The van der Waals surface area contributed by atoms with Crippen LogP contribution in [0.25, 0.3) is 11.1 Å². The summed E-state index contributed by atoms with van der Waals surface area (Å²) in [7, 11) is 1.27. The highest BCUT2D eigenvalue weighted by Crippen LogP contribution is 2.28. The Bertz CT molecular complexity index is 699. The van der Waals surface area contributed by atoms with Gasteiger partial charge in [-0.3, -0.25) is 4.79 Å². The normalized spacial score (nSPS) is 12.5. The van der Waals surface area contributed by atoms with Crippen LogP contribution < -0.4 is 10.5 Å². The fourth-order valence-corrected chi connectivity index (χ4v) is 2.19. The van der Waals surface area contributed by atoms with Gasteiger partial charge in [0.1, 0.15) is 11.8 Å². The molecule has 0 amide bonds. The van der Waals surface area contributed by atoms with Crippen LogP contribution in [0, 0.1) is 0 Å². The molecule has 1 unspecified atom stereocenters. The fourth-order valence-electron chi connectivity index (χ4n) is 2.19. The van der Waals surface area contributed by atoms with Crippen LogP contribution in [0.15, 0.2) is 48.5 Å². The van der Waals surface area contributed by atoms with Crippen LogP contribution in [0.5, 0.6) is 5.75 Å². The van der Waals surface area contributed by atoms with E-state index in [4.69, 9.17) is 5.73 Å². The smallest absolute Gasteiger partial charge is 0.468 e. The number of carbonyl (C=O) groups is 1. The molecule has 2 N–H and O–H groups in total. The summed E-state index contributed by atoms with van der Waals surface area (Å²) in [4.78, 5) is 11.3. The van der Waals surface area contributed by atoms with Crippen molar-refractivity contribution in [3.8, 4) is 16.9 Å². The molecule has 0 heterocycles. The summed E-state index contributed by atoms with van der Waals surface area (Å²) in [6.45, 7) is 0. The lowest BCUT2D eigenvalue weighted by atomic mass is 10.0. The molecular weight excluding hydrogens is 323 g/mol. The van der Waals surface area contributed by atoms with Crippen molar-refractivity contribution in [2.75, 3.05) is 7.11 Å². The summed E-state index contributed by atoms with van der Waals surface area (Å²) in [5, 5.41) is 0. The Balaban J connectivity index is 2.13. The van der Waals surface area contributed by atoms with Crippen LogP contribution in [-0.4, -0.2) is 25.5 Å². The summed E-state index contributed by atoms with van der Waals surface area (Å²) in [5.74, 6) is -0.784.